The zero-order chi connectivity index (χ0) is 16.9. The number of halogens is 2. The monoisotopic (exact) mass is 322 g/mol. The Balaban J connectivity index is 2.50. The molecule has 0 spiro atoms. The van der Waals surface area contributed by atoms with Crippen molar-refractivity contribution in [2.24, 2.45) is 5.28 Å². The molecule has 1 aliphatic rings. The van der Waals surface area contributed by atoms with E-state index in [1.54, 1.807) is 0 Å². The van der Waals surface area contributed by atoms with Gasteiger partial charge in [0.15, 0.2) is 0 Å². The molecule has 128 valence electrons. The lowest BCUT2D eigenvalue weighted by Gasteiger charge is -2.31. The minimum Gasteiger partial charge on any atom is -0.569 e. The third-order valence-corrected chi connectivity index (χ3v) is 3.49. The number of hydrogen-bond acceptors (Lipinski definition) is 4. The second-order valence-corrected chi connectivity index (χ2v) is 6.15. The number of amides is 1. The van der Waals surface area contributed by atoms with Crippen LogP contribution in [0.5, 0.6) is 0 Å². The van der Waals surface area contributed by atoms with Crippen LogP contribution < -0.4 is 0 Å². The topological polar surface area (TPSA) is 71.2 Å². The number of hydrazine groups is 1. The SMILES string of the molecule is CCN(/[N+]([O-])=N\OC1CCN(C(=O)C(F)F)CC1)C(C)(C)C. The Morgan fingerprint density at radius 2 is 2.00 bits per heavy atom. The summed E-state index contributed by atoms with van der Waals surface area (Å²) in [4.78, 5) is 17.9. The second-order valence-electron chi connectivity index (χ2n) is 6.15. The molecule has 1 aliphatic heterocycles. The number of carbonyl (C=O) groups excluding carboxylic acids is 1. The highest BCUT2D eigenvalue weighted by Gasteiger charge is 2.30. The Morgan fingerprint density at radius 1 is 1.45 bits per heavy atom. The van der Waals surface area contributed by atoms with Gasteiger partial charge in [-0.3, -0.25) is 4.79 Å². The second kappa shape index (κ2) is 7.55. The van der Waals surface area contributed by atoms with E-state index in [4.69, 9.17) is 4.84 Å². The molecular formula is C13H24F2N4O3. The predicted molar refractivity (Wildman–Crippen MR) is 74.9 cm³/mol. The van der Waals surface area contributed by atoms with Crippen LogP contribution in [-0.4, -0.2) is 58.5 Å². The van der Waals surface area contributed by atoms with Gasteiger partial charge in [0.05, 0.1) is 17.1 Å². The van der Waals surface area contributed by atoms with Crippen molar-refractivity contribution in [2.75, 3.05) is 19.6 Å². The summed E-state index contributed by atoms with van der Waals surface area (Å²) in [5.41, 5.74) is -0.392. The highest BCUT2D eigenvalue weighted by atomic mass is 19.3. The molecule has 9 heteroatoms. The Labute approximate surface area is 129 Å². The van der Waals surface area contributed by atoms with Crippen molar-refractivity contribution in [1.29, 1.82) is 0 Å². The van der Waals surface area contributed by atoms with Gasteiger partial charge in [0.1, 0.15) is 6.10 Å². The fourth-order valence-corrected chi connectivity index (χ4v) is 2.32. The molecule has 0 unspecified atom stereocenters. The third kappa shape index (κ3) is 4.96. The van der Waals surface area contributed by atoms with Crippen molar-refractivity contribution >= 4 is 5.91 Å². The van der Waals surface area contributed by atoms with Crippen LogP contribution in [0.4, 0.5) is 8.78 Å². The standard InChI is InChI=1S/C13H24F2N4O3/c1-5-18(13(2,3)4)19(21)16-22-10-6-8-17(9-7-10)12(20)11(14)15/h10-11H,5-9H2,1-4H3/b19-16+. The lowest BCUT2D eigenvalue weighted by atomic mass is 10.1. The van der Waals surface area contributed by atoms with Crippen molar-refractivity contribution in [1.82, 2.24) is 9.91 Å². The molecule has 0 radical (unpaired) electrons. The Hall–Kier alpha value is -1.67. The summed E-state index contributed by atoms with van der Waals surface area (Å²) in [6.07, 6.45) is -2.59. The highest BCUT2D eigenvalue weighted by molar-refractivity contribution is 5.79. The first-order chi connectivity index (χ1) is 10.2. The number of piperidine rings is 1. The van der Waals surface area contributed by atoms with E-state index in [2.05, 4.69) is 5.28 Å². The lowest BCUT2D eigenvalue weighted by Crippen LogP contribution is -2.46. The van der Waals surface area contributed by atoms with Crippen LogP contribution in [0, 0.1) is 5.21 Å². The van der Waals surface area contributed by atoms with E-state index in [0.717, 1.165) is 4.90 Å². The van der Waals surface area contributed by atoms with Crippen molar-refractivity contribution in [3.63, 3.8) is 0 Å². The molecule has 1 rings (SSSR count). The van der Waals surface area contributed by atoms with Gasteiger partial charge in [-0.1, -0.05) is 0 Å². The van der Waals surface area contributed by atoms with Gasteiger partial charge in [0, 0.05) is 25.9 Å². The van der Waals surface area contributed by atoms with E-state index < -0.39 is 17.9 Å². The fraction of sp³-hybridized carbons (Fsp3) is 0.923. The summed E-state index contributed by atoms with van der Waals surface area (Å²) in [5.74, 6) is -1.16. The van der Waals surface area contributed by atoms with E-state index in [0.29, 0.717) is 24.4 Å². The summed E-state index contributed by atoms with van der Waals surface area (Å²) in [6, 6.07) is 0. The van der Waals surface area contributed by atoms with E-state index in [9.17, 15) is 18.8 Å². The molecule has 7 nitrogen and oxygen atoms in total. The normalized spacial score (nSPS) is 17.8. The van der Waals surface area contributed by atoms with Crippen molar-refractivity contribution in [3.05, 3.63) is 5.21 Å². The van der Waals surface area contributed by atoms with Crippen molar-refractivity contribution in [3.8, 4) is 0 Å². The molecule has 1 heterocycles. The van der Waals surface area contributed by atoms with Gasteiger partial charge in [-0.15, -0.1) is 5.01 Å². The molecule has 0 aromatic carbocycles. The number of rotatable bonds is 5. The maximum absolute atomic E-state index is 12.3. The maximum Gasteiger partial charge on any atom is 0.315 e. The van der Waals surface area contributed by atoms with Crippen LogP contribution in [0.15, 0.2) is 5.28 Å². The van der Waals surface area contributed by atoms with Crippen LogP contribution in [0.3, 0.4) is 0 Å². The predicted octanol–water partition coefficient (Wildman–Crippen LogP) is 2.17. The maximum atomic E-state index is 12.3. The molecule has 0 aromatic heterocycles. The van der Waals surface area contributed by atoms with Gasteiger partial charge in [0.25, 0.3) is 5.91 Å². The minimum absolute atomic E-state index is 0.180. The minimum atomic E-state index is -2.98. The van der Waals surface area contributed by atoms with Crippen LogP contribution in [0.25, 0.3) is 0 Å². The molecule has 1 fully saturated rings. The largest absolute Gasteiger partial charge is 0.569 e. The van der Waals surface area contributed by atoms with E-state index in [-0.39, 0.29) is 19.2 Å². The van der Waals surface area contributed by atoms with E-state index in [1.807, 2.05) is 27.7 Å². The number of carbonyl (C=O) groups is 1. The van der Waals surface area contributed by atoms with Crippen LogP contribution in [0.2, 0.25) is 0 Å². The smallest absolute Gasteiger partial charge is 0.315 e. The molecule has 0 N–H and O–H groups in total. The summed E-state index contributed by atoms with van der Waals surface area (Å²) in [6.45, 7) is 8.31. The van der Waals surface area contributed by atoms with Crippen LogP contribution >= 0.6 is 0 Å². The molecule has 0 aromatic rings. The quantitative estimate of drug-likeness (QED) is 0.442. The van der Waals surface area contributed by atoms with Gasteiger partial charge >= 0.3 is 6.43 Å². The average Bonchev–Trinajstić information content (AvgIpc) is 2.44. The zero-order valence-electron chi connectivity index (χ0n) is 13.5. The van der Waals surface area contributed by atoms with Gasteiger partial charge in [-0.2, -0.15) is 8.78 Å². The molecule has 22 heavy (non-hydrogen) atoms. The average molecular weight is 322 g/mol. The summed E-state index contributed by atoms with van der Waals surface area (Å²) in [7, 11) is 0. The zero-order valence-corrected chi connectivity index (χ0v) is 13.5. The molecule has 0 bridgehead atoms. The Kier molecular flexibility index (Phi) is 6.31. The number of hydrogen-bond donors (Lipinski definition) is 0. The Bertz CT molecular complexity index is 405. The van der Waals surface area contributed by atoms with Crippen molar-refractivity contribution < 1.29 is 23.4 Å². The lowest BCUT2D eigenvalue weighted by molar-refractivity contribution is -0.725. The van der Waals surface area contributed by atoms with E-state index >= 15 is 0 Å². The molecule has 0 aliphatic carbocycles. The fourth-order valence-electron chi connectivity index (χ4n) is 2.32. The molecule has 0 atom stereocenters. The molecular weight excluding hydrogens is 298 g/mol. The first kappa shape index (κ1) is 18.4. The van der Waals surface area contributed by atoms with Crippen molar-refractivity contribution in [2.45, 2.75) is 58.6 Å². The summed E-state index contributed by atoms with van der Waals surface area (Å²) < 4.78 is 24.6. The van der Waals surface area contributed by atoms with Gasteiger partial charge in [-0.25, -0.2) is 0 Å². The first-order valence-corrected chi connectivity index (χ1v) is 7.35. The highest BCUT2D eigenvalue weighted by Crippen LogP contribution is 2.17. The Morgan fingerprint density at radius 3 is 2.41 bits per heavy atom. The van der Waals surface area contributed by atoms with Crippen LogP contribution in [-0.2, 0) is 9.63 Å². The van der Waals surface area contributed by atoms with Gasteiger partial charge < -0.3 is 14.9 Å². The number of nitrogens with zero attached hydrogens (tertiary/aromatic N) is 4. The molecule has 0 saturated carbocycles. The third-order valence-electron chi connectivity index (χ3n) is 3.49. The number of alkyl halides is 2. The number of likely N-dealkylation sites (tertiary alicyclic amines) is 1. The summed E-state index contributed by atoms with van der Waals surface area (Å²) >= 11 is 0. The van der Waals surface area contributed by atoms with Gasteiger partial charge in [-0.05, 0) is 27.7 Å². The van der Waals surface area contributed by atoms with Gasteiger partial charge in [0.2, 0.25) is 5.28 Å². The first-order valence-electron chi connectivity index (χ1n) is 7.35. The molecule has 1 saturated heterocycles. The van der Waals surface area contributed by atoms with Crippen LogP contribution in [0.1, 0.15) is 40.5 Å². The summed E-state index contributed by atoms with van der Waals surface area (Å²) in [5, 5.41) is 16.9. The molecule has 1 amide bonds. The van der Waals surface area contributed by atoms with E-state index in [1.165, 1.54) is 5.01 Å².